The van der Waals surface area contributed by atoms with Crippen molar-refractivity contribution in [2.75, 3.05) is 18.0 Å². The smallest absolute Gasteiger partial charge is 0.356 e. The molecule has 0 spiro atoms. The number of rotatable bonds is 1. The Morgan fingerprint density at radius 2 is 2.00 bits per heavy atom. The van der Waals surface area contributed by atoms with Crippen LogP contribution in [0.5, 0.6) is 0 Å². The molecule has 0 N–H and O–H groups in total. The van der Waals surface area contributed by atoms with Gasteiger partial charge in [-0.15, -0.1) is 0 Å². The molecule has 0 atom stereocenters. The number of aromatic nitrogens is 2. The summed E-state index contributed by atoms with van der Waals surface area (Å²) in [6.07, 6.45) is -2.54. The summed E-state index contributed by atoms with van der Waals surface area (Å²) in [7, 11) is 0. The molecule has 0 amide bonds. The largest absolute Gasteiger partial charge is 0.391 e. The molecule has 0 saturated carbocycles. The van der Waals surface area contributed by atoms with Gasteiger partial charge in [-0.25, -0.2) is 9.97 Å². The number of nitriles is 1. The van der Waals surface area contributed by atoms with E-state index in [0.717, 1.165) is 0 Å². The van der Waals surface area contributed by atoms with Gasteiger partial charge in [0, 0.05) is 19.3 Å². The number of piperidine rings is 1. The van der Waals surface area contributed by atoms with Crippen molar-refractivity contribution in [3.63, 3.8) is 0 Å². The van der Waals surface area contributed by atoms with Crippen molar-refractivity contribution in [2.45, 2.75) is 19.0 Å². The van der Waals surface area contributed by atoms with Crippen molar-refractivity contribution in [3.05, 3.63) is 18.1 Å². The summed E-state index contributed by atoms with van der Waals surface area (Å²) in [6, 6.07) is 3.42. The molecule has 1 saturated heterocycles. The molecule has 0 bridgehead atoms. The van der Waals surface area contributed by atoms with Crippen LogP contribution in [0.15, 0.2) is 12.3 Å². The number of hydrogen-bond donors (Lipinski definition) is 0. The zero-order valence-corrected chi connectivity index (χ0v) is 9.48. The minimum Gasteiger partial charge on any atom is -0.356 e. The molecule has 0 aliphatic carbocycles. The highest BCUT2D eigenvalue weighted by molar-refractivity contribution is 5.39. The Bertz CT molecular complexity index is 458. The van der Waals surface area contributed by atoms with Crippen LogP contribution < -0.4 is 4.90 Å². The summed E-state index contributed by atoms with van der Waals surface area (Å²) < 4.78 is 37.5. The Balaban J connectivity index is 2.04. The predicted octanol–water partition coefficient (Wildman–Crippen LogP) is 2.13. The molecule has 1 aromatic heterocycles. The number of anilines is 1. The van der Waals surface area contributed by atoms with Crippen LogP contribution in [0, 0.1) is 17.2 Å². The maximum atomic E-state index is 12.5. The molecule has 1 aromatic rings. The topological polar surface area (TPSA) is 52.8 Å². The normalized spacial score (nSPS) is 17.6. The standard InChI is InChI=1S/C11H11F3N4/c12-11(13,14)8-2-5-18(6-3-8)10-1-4-16-9(7-15)17-10/h1,4,8H,2-3,5-6H2. The Labute approximate surface area is 102 Å². The first-order valence-electron chi connectivity index (χ1n) is 5.55. The van der Waals surface area contributed by atoms with Crippen LogP contribution in [0.4, 0.5) is 19.0 Å². The van der Waals surface area contributed by atoms with Crippen LogP contribution >= 0.6 is 0 Å². The summed E-state index contributed by atoms with van der Waals surface area (Å²) in [4.78, 5) is 9.46. The maximum Gasteiger partial charge on any atom is 0.391 e. The summed E-state index contributed by atoms with van der Waals surface area (Å²) in [6.45, 7) is 0.595. The lowest BCUT2D eigenvalue weighted by atomic mass is 9.96. The van der Waals surface area contributed by atoms with Crippen LogP contribution in [0.1, 0.15) is 18.7 Å². The first kappa shape index (κ1) is 12.6. The molecule has 0 radical (unpaired) electrons. The van der Waals surface area contributed by atoms with E-state index in [9.17, 15) is 13.2 Å². The minimum atomic E-state index is -4.12. The van der Waals surface area contributed by atoms with Gasteiger partial charge in [-0.1, -0.05) is 0 Å². The van der Waals surface area contributed by atoms with E-state index in [2.05, 4.69) is 9.97 Å². The molecule has 2 rings (SSSR count). The molecule has 1 aliphatic rings. The van der Waals surface area contributed by atoms with Crippen LogP contribution in [0.25, 0.3) is 0 Å². The Morgan fingerprint density at radius 1 is 1.33 bits per heavy atom. The SMILES string of the molecule is N#Cc1nccc(N2CCC(C(F)(F)F)CC2)n1. The summed E-state index contributed by atoms with van der Waals surface area (Å²) >= 11 is 0. The van der Waals surface area contributed by atoms with E-state index in [-0.39, 0.29) is 18.7 Å². The van der Waals surface area contributed by atoms with Gasteiger partial charge in [-0.05, 0) is 18.9 Å². The molecular weight excluding hydrogens is 245 g/mol. The first-order chi connectivity index (χ1) is 8.50. The third kappa shape index (κ3) is 2.70. The van der Waals surface area contributed by atoms with Gasteiger partial charge in [-0.3, -0.25) is 0 Å². The molecule has 7 heteroatoms. The van der Waals surface area contributed by atoms with Gasteiger partial charge in [0.05, 0.1) is 5.92 Å². The molecule has 18 heavy (non-hydrogen) atoms. The summed E-state index contributed by atoms with van der Waals surface area (Å²) in [5.74, 6) is -0.682. The molecular formula is C11H11F3N4. The van der Waals surface area contributed by atoms with Crippen molar-refractivity contribution >= 4 is 5.82 Å². The predicted molar refractivity (Wildman–Crippen MR) is 57.7 cm³/mol. The lowest BCUT2D eigenvalue weighted by Gasteiger charge is -2.33. The molecule has 96 valence electrons. The van der Waals surface area contributed by atoms with Crippen LogP contribution in [0.2, 0.25) is 0 Å². The fraction of sp³-hybridized carbons (Fsp3) is 0.545. The van der Waals surface area contributed by atoms with Crippen molar-refractivity contribution in [1.82, 2.24) is 9.97 Å². The van der Waals surface area contributed by atoms with Gasteiger partial charge in [-0.2, -0.15) is 18.4 Å². The Kier molecular flexibility index (Phi) is 3.36. The monoisotopic (exact) mass is 256 g/mol. The van der Waals surface area contributed by atoms with Crippen molar-refractivity contribution in [2.24, 2.45) is 5.92 Å². The molecule has 1 fully saturated rings. The second-order valence-corrected chi connectivity index (χ2v) is 4.15. The fourth-order valence-corrected chi connectivity index (χ4v) is 2.02. The van der Waals surface area contributed by atoms with E-state index in [1.807, 2.05) is 6.07 Å². The highest BCUT2D eigenvalue weighted by Crippen LogP contribution is 2.34. The lowest BCUT2D eigenvalue weighted by Crippen LogP contribution is -2.39. The highest BCUT2D eigenvalue weighted by atomic mass is 19.4. The summed E-state index contributed by atoms with van der Waals surface area (Å²) in [5.41, 5.74) is 0. The maximum absolute atomic E-state index is 12.5. The molecule has 2 heterocycles. The van der Waals surface area contributed by atoms with Gasteiger partial charge < -0.3 is 4.90 Å². The Hall–Kier alpha value is -1.84. The van der Waals surface area contributed by atoms with Crippen LogP contribution in [-0.2, 0) is 0 Å². The highest BCUT2D eigenvalue weighted by Gasteiger charge is 2.41. The van der Waals surface area contributed by atoms with E-state index in [1.165, 1.54) is 6.20 Å². The second kappa shape index (κ2) is 4.80. The van der Waals surface area contributed by atoms with E-state index < -0.39 is 12.1 Å². The van der Waals surface area contributed by atoms with Gasteiger partial charge in [0.1, 0.15) is 11.9 Å². The summed E-state index contributed by atoms with van der Waals surface area (Å²) in [5, 5.41) is 8.67. The molecule has 0 aromatic carbocycles. The van der Waals surface area contributed by atoms with Gasteiger partial charge in [0.2, 0.25) is 5.82 Å². The van der Waals surface area contributed by atoms with Crippen molar-refractivity contribution in [1.29, 1.82) is 5.26 Å². The van der Waals surface area contributed by atoms with Crippen molar-refractivity contribution in [3.8, 4) is 6.07 Å². The number of hydrogen-bond acceptors (Lipinski definition) is 4. The van der Waals surface area contributed by atoms with Gasteiger partial charge in [0.25, 0.3) is 0 Å². The average Bonchev–Trinajstić information content (AvgIpc) is 2.38. The molecule has 0 unspecified atom stereocenters. The van der Waals surface area contributed by atoms with E-state index in [0.29, 0.717) is 18.9 Å². The first-order valence-corrected chi connectivity index (χ1v) is 5.55. The quantitative estimate of drug-likeness (QED) is 0.772. The Morgan fingerprint density at radius 3 is 2.56 bits per heavy atom. The zero-order valence-electron chi connectivity index (χ0n) is 9.48. The van der Waals surface area contributed by atoms with Gasteiger partial charge in [0.15, 0.2) is 0 Å². The number of halogens is 3. The molecule has 1 aliphatic heterocycles. The third-order valence-electron chi connectivity index (χ3n) is 3.02. The molecule has 4 nitrogen and oxygen atoms in total. The second-order valence-electron chi connectivity index (χ2n) is 4.15. The van der Waals surface area contributed by atoms with Crippen LogP contribution in [-0.4, -0.2) is 29.2 Å². The third-order valence-corrected chi connectivity index (χ3v) is 3.02. The number of alkyl halides is 3. The van der Waals surface area contributed by atoms with E-state index in [1.54, 1.807) is 11.0 Å². The lowest BCUT2D eigenvalue weighted by molar-refractivity contribution is -0.179. The zero-order chi connectivity index (χ0) is 13.2. The average molecular weight is 256 g/mol. The van der Waals surface area contributed by atoms with Gasteiger partial charge >= 0.3 is 6.18 Å². The van der Waals surface area contributed by atoms with Crippen molar-refractivity contribution < 1.29 is 13.2 Å². The minimum absolute atomic E-state index is 0.0328. The van der Waals surface area contributed by atoms with Crippen LogP contribution in [0.3, 0.4) is 0 Å². The number of nitrogens with zero attached hydrogens (tertiary/aromatic N) is 4. The fourth-order valence-electron chi connectivity index (χ4n) is 2.02. The van der Waals surface area contributed by atoms with E-state index >= 15 is 0 Å². The van der Waals surface area contributed by atoms with E-state index in [4.69, 9.17) is 5.26 Å².